The van der Waals surface area contributed by atoms with Gasteiger partial charge in [-0.25, -0.2) is 0 Å². The molecule has 2 heterocycles. The lowest BCUT2D eigenvalue weighted by atomic mass is 10.1. The molecule has 0 aromatic carbocycles. The third-order valence-electron chi connectivity index (χ3n) is 3.06. The molecule has 1 aromatic rings. The summed E-state index contributed by atoms with van der Waals surface area (Å²) in [4.78, 5) is 0. The van der Waals surface area contributed by atoms with Crippen LogP contribution in [0.15, 0.2) is 5.10 Å². The van der Waals surface area contributed by atoms with Crippen molar-refractivity contribution < 1.29 is 4.74 Å². The second kappa shape index (κ2) is 3.70. The minimum Gasteiger partial charge on any atom is -0.353 e. The summed E-state index contributed by atoms with van der Waals surface area (Å²) in [7, 11) is 2.07. The minimum atomic E-state index is -0.102. The molecule has 1 aliphatic rings. The molecule has 1 unspecified atom stereocenters. The normalized spacial score (nSPS) is 18.8. The SMILES string of the molecule is CCOC1NN=Cc2c1c(C)n(C)c2C. The van der Waals surface area contributed by atoms with E-state index in [4.69, 9.17) is 4.74 Å². The van der Waals surface area contributed by atoms with Crippen molar-refractivity contribution in [2.75, 3.05) is 6.61 Å². The molecule has 0 amide bonds. The van der Waals surface area contributed by atoms with Gasteiger partial charge in [0.1, 0.15) is 0 Å². The zero-order chi connectivity index (χ0) is 11.0. The van der Waals surface area contributed by atoms with E-state index in [2.05, 4.69) is 36.0 Å². The van der Waals surface area contributed by atoms with Crippen molar-refractivity contribution >= 4 is 6.21 Å². The lowest BCUT2D eigenvalue weighted by molar-refractivity contribution is 0.0363. The highest BCUT2D eigenvalue weighted by atomic mass is 16.5. The molecule has 0 radical (unpaired) electrons. The number of fused-ring (bicyclic) bond motifs is 1. The van der Waals surface area contributed by atoms with Crippen LogP contribution in [0.1, 0.15) is 35.7 Å². The zero-order valence-electron chi connectivity index (χ0n) is 9.66. The van der Waals surface area contributed by atoms with E-state index in [0.29, 0.717) is 6.61 Å². The molecule has 4 heteroatoms. The van der Waals surface area contributed by atoms with Gasteiger partial charge in [-0.3, -0.25) is 5.43 Å². The highest BCUT2D eigenvalue weighted by molar-refractivity contribution is 5.85. The van der Waals surface area contributed by atoms with Crippen molar-refractivity contribution in [2.45, 2.75) is 27.0 Å². The van der Waals surface area contributed by atoms with Crippen LogP contribution >= 0.6 is 0 Å². The summed E-state index contributed by atoms with van der Waals surface area (Å²) >= 11 is 0. The number of aromatic nitrogens is 1. The van der Waals surface area contributed by atoms with E-state index in [1.807, 2.05) is 13.1 Å². The molecule has 1 aliphatic heterocycles. The number of rotatable bonds is 2. The highest BCUT2D eigenvalue weighted by Crippen LogP contribution is 2.28. The van der Waals surface area contributed by atoms with E-state index in [0.717, 1.165) is 0 Å². The van der Waals surface area contributed by atoms with Crippen molar-refractivity contribution in [1.29, 1.82) is 0 Å². The molecule has 0 fully saturated rings. The largest absolute Gasteiger partial charge is 0.353 e. The Labute approximate surface area is 89.9 Å². The Balaban J connectivity index is 2.52. The maximum atomic E-state index is 5.62. The minimum absolute atomic E-state index is 0.102. The van der Waals surface area contributed by atoms with Crippen molar-refractivity contribution in [2.24, 2.45) is 12.1 Å². The van der Waals surface area contributed by atoms with Crippen molar-refractivity contribution in [1.82, 2.24) is 9.99 Å². The summed E-state index contributed by atoms with van der Waals surface area (Å²) in [6.45, 7) is 6.88. The van der Waals surface area contributed by atoms with Gasteiger partial charge >= 0.3 is 0 Å². The maximum Gasteiger partial charge on any atom is 0.171 e. The van der Waals surface area contributed by atoms with Crippen LogP contribution in [0.2, 0.25) is 0 Å². The third-order valence-corrected chi connectivity index (χ3v) is 3.06. The van der Waals surface area contributed by atoms with Crippen LogP contribution in [-0.4, -0.2) is 17.4 Å². The monoisotopic (exact) mass is 207 g/mol. The fourth-order valence-electron chi connectivity index (χ4n) is 2.02. The quantitative estimate of drug-likeness (QED) is 0.800. The third kappa shape index (κ3) is 1.45. The molecule has 1 N–H and O–H groups in total. The smallest absolute Gasteiger partial charge is 0.171 e. The Morgan fingerprint density at radius 2 is 2.20 bits per heavy atom. The van der Waals surface area contributed by atoms with Crippen LogP contribution in [0, 0.1) is 13.8 Å². The predicted octanol–water partition coefficient (Wildman–Crippen LogP) is 1.61. The van der Waals surface area contributed by atoms with Gasteiger partial charge in [0.25, 0.3) is 0 Å². The molecule has 4 nitrogen and oxygen atoms in total. The summed E-state index contributed by atoms with van der Waals surface area (Å²) in [5, 5.41) is 4.12. The standard InChI is InChI=1S/C11H17N3O/c1-5-15-11-10-8(3)14(4)7(2)9(10)6-12-13-11/h6,11,13H,5H2,1-4H3. The van der Waals surface area contributed by atoms with E-state index in [1.165, 1.54) is 22.5 Å². The second-order valence-corrected chi connectivity index (χ2v) is 3.78. The van der Waals surface area contributed by atoms with Gasteiger partial charge in [-0.05, 0) is 20.8 Å². The average Bonchev–Trinajstić information content (AvgIpc) is 2.46. The first kappa shape index (κ1) is 10.2. The molecule has 0 aliphatic carbocycles. The van der Waals surface area contributed by atoms with E-state index >= 15 is 0 Å². The number of nitrogens with one attached hydrogen (secondary N) is 1. The predicted molar refractivity (Wildman–Crippen MR) is 60.0 cm³/mol. The van der Waals surface area contributed by atoms with Crippen LogP contribution < -0.4 is 5.43 Å². The molecule has 0 saturated carbocycles. The summed E-state index contributed by atoms with van der Waals surface area (Å²) in [5.74, 6) is 0. The van der Waals surface area contributed by atoms with Gasteiger partial charge in [0, 0.05) is 36.2 Å². The molecule has 82 valence electrons. The van der Waals surface area contributed by atoms with E-state index < -0.39 is 0 Å². The van der Waals surface area contributed by atoms with Crippen LogP contribution in [0.4, 0.5) is 0 Å². The summed E-state index contributed by atoms with van der Waals surface area (Å²) < 4.78 is 7.80. The van der Waals surface area contributed by atoms with Gasteiger partial charge in [-0.2, -0.15) is 5.10 Å². The Morgan fingerprint density at radius 1 is 1.47 bits per heavy atom. The van der Waals surface area contributed by atoms with Crippen LogP contribution in [0.25, 0.3) is 0 Å². The maximum absolute atomic E-state index is 5.62. The highest BCUT2D eigenvalue weighted by Gasteiger charge is 2.24. The second-order valence-electron chi connectivity index (χ2n) is 3.78. The fourth-order valence-corrected chi connectivity index (χ4v) is 2.02. The van der Waals surface area contributed by atoms with Gasteiger partial charge < -0.3 is 9.30 Å². The van der Waals surface area contributed by atoms with Crippen LogP contribution in [0.3, 0.4) is 0 Å². The number of hydrazone groups is 1. The topological polar surface area (TPSA) is 38.5 Å². The van der Waals surface area contributed by atoms with Crippen molar-refractivity contribution in [3.63, 3.8) is 0 Å². The lowest BCUT2D eigenvalue weighted by Crippen LogP contribution is -2.24. The molecular weight excluding hydrogens is 190 g/mol. The molecule has 0 bridgehead atoms. The average molecular weight is 207 g/mol. The van der Waals surface area contributed by atoms with E-state index in [-0.39, 0.29) is 6.23 Å². The molecular formula is C11H17N3O. The van der Waals surface area contributed by atoms with Gasteiger partial charge in [0.15, 0.2) is 6.23 Å². The molecule has 2 rings (SSSR count). The molecule has 0 saturated heterocycles. The van der Waals surface area contributed by atoms with Gasteiger partial charge in [0.2, 0.25) is 0 Å². The molecule has 15 heavy (non-hydrogen) atoms. The summed E-state index contributed by atoms with van der Waals surface area (Å²) in [6.07, 6.45) is 1.77. The van der Waals surface area contributed by atoms with E-state index in [1.54, 1.807) is 0 Å². The first-order valence-corrected chi connectivity index (χ1v) is 5.22. The van der Waals surface area contributed by atoms with E-state index in [9.17, 15) is 0 Å². The first-order chi connectivity index (χ1) is 7.16. The number of nitrogens with zero attached hydrogens (tertiary/aromatic N) is 2. The fraction of sp³-hybridized carbons (Fsp3) is 0.545. The van der Waals surface area contributed by atoms with Gasteiger partial charge in [-0.1, -0.05) is 0 Å². The number of hydrogen-bond acceptors (Lipinski definition) is 3. The Hall–Kier alpha value is -1.29. The first-order valence-electron chi connectivity index (χ1n) is 5.22. The van der Waals surface area contributed by atoms with Crippen LogP contribution in [0.5, 0.6) is 0 Å². The van der Waals surface area contributed by atoms with Gasteiger partial charge in [0.05, 0.1) is 6.21 Å². The zero-order valence-corrected chi connectivity index (χ0v) is 9.66. The van der Waals surface area contributed by atoms with Crippen molar-refractivity contribution in [3.05, 3.63) is 22.5 Å². The van der Waals surface area contributed by atoms with Gasteiger partial charge in [-0.15, -0.1) is 0 Å². The lowest BCUT2D eigenvalue weighted by Gasteiger charge is -2.20. The molecule has 0 spiro atoms. The Bertz CT molecular complexity index is 406. The number of ether oxygens (including phenoxy) is 1. The molecule has 1 atom stereocenters. The summed E-state index contributed by atoms with van der Waals surface area (Å²) in [6, 6.07) is 0. The molecule has 1 aromatic heterocycles. The van der Waals surface area contributed by atoms with Crippen LogP contribution in [-0.2, 0) is 11.8 Å². The van der Waals surface area contributed by atoms with Crippen molar-refractivity contribution in [3.8, 4) is 0 Å². The summed E-state index contributed by atoms with van der Waals surface area (Å²) in [5.41, 5.74) is 7.86. The Morgan fingerprint density at radius 3 is 2.87 bits per heavy atom. The Kier molecular flexibility index (Phi) is 2.52. The number of hydrogen-bond donors (Lipinski definition) is 1.